The van der Waals surface area contributed by atoms with Gasteiger partial charge in [0.05, 0.1) is 22.7 Å². The lowest BCUT2D eigenvalue weighted by Gasteiger charge is -2.48. The fourth-order valence-corrected chi connectivity index (χ4v) is 11.5. The number of anilines is 12. The van der Waals surface area contributed by atoms with E-state index in [0.29, 0.717) is 0 Å². The zero-order chi connectivity index (χ0) is 34.4. The summed E-state index contributed by atoms with van der Waals surface area (Å²) < 4.78 is 2.85. The number of fused-ring (bicyclic) bond motifs is 11. The average Bonchev–Trinajstić information content (AvgIpc) is 3.62. The Morgan fingerprint density at radius 2 is 0.642 bits per heavy atom. The zero-order valence-corrected chi connectivity index (χ0v) is 29.3. The van der Waals surface area contributed by atoms with E-state index in [1.807, 2.05) is 11.3 Å². The SMILES string of the molecule is c1ccc(N2c3ccccc3B3c4sc5c6c4N(c4ccccc4N6c4cccc6c4B5c4ccccc4N6c4ccccc4)c4cccc2c43)cc1. The monoisotopic (exact) mass is 690 g/mol. The smallest absolute Gasteiger partial charge is 0.264 e. The van der Waals surface area contributed by atoms with Gasteiger partial charge < -0.3 is 19.6 Å². The summed E-state index contributed by atoms with van der Waals surface area (Å²) in [6.07, 6.45) is 0. The van der Waals surface area contributed by atoms with Crippen LogP contribution in [0, 0.1) is 0 Å². The molecule has 0 atom stereocenters. The number of hydrogen-bond donors (Lipinski definition) is 0. The molecule has 0 N–H and O–H groups in total. The fourth-order valence-electron chi connectivity index (χ4n) is 10.0. The van der Waals surface area contributed by atoms with Gasteiger partial charge in [0.1, 0.15) is 0 Å². The topological polar surface area (TPSA) is 13.0 Å². The minimum atomic E-state index is 0.105. The first-order chi connectivity index (χ1) is 26.4. The molecule has 1 aromatic heterocycles. The van der Waals surface area contributed by atoms with E-state index in [4.69, 9.17) is 0 Å². The molecule has 5 aliphatic rings. The fraction of sp³-hybridized carbons (Fsp3) is 0. The van der Waals surface area contributed by atoms with Crippen molar-refractivity contribution in [3.05, 3.63) is 170 Å². The van der Waals surface area contributed by atoms with E-state index in [0.717, 1.165) is 0 Å². The van der Waals surface area contributed by atoms with E-state index in [1.165, 1.54) is 99.7 Å². The lowest BCUT2D eigenvalue weighted by Crippen LogP contribution is -2.61. The van der Waals surface area contributed by atoms with Crippen LogP contribution in [0.3, 0.4) is 0 Å². The van der Waals surface area contributed by atoms with Crippen molar-refractivity contribution < 1.29 is 0 Å². The van der Waals surface area contributed by atoms with Crippen LogP contribution in [0.1, 0.15) is 0 Å². The van der Waals surface area contributed by atoms with Crippen LogP contribution in [0.25, 0.3) is 0 Å². The first-order valence-electron chi connectivity index (χ1n) is 18.4. The molecular formula is C46H28B2N4S. The van der Waals surface area contributed by atoms with Crippen molar-refractivity contribution in [1.82, 2.24) is 0 Å². The molecule has 0 radical (unpaired) electrons. The van der Waals surface area contributed by atoms with Crippen LogP contribution in [0.4, 0.5) is 68.2 Å². The van der Waals surface area contributed by atoms with Crippen molar-refractivity contribution in [3.8, 4) is 0 Å². The predicted octanol–water partition coefficient (Wildman–Crippen LogP) is 8.23. The largest absolute Gasteiger partial charge is 0.311 e. The van der Waals surface area contributed by atoms with Crippen molar-refractivity contribution in [2.24, 2.45) is 0 Å². The summed E-state index contributed by atoms with van der Waals surface area (Å²) in [6, 6.07) is 62.8. The van der Waals surface area contributed by atoms with Gasteiger partial charge in [-0.3, -0.25) is 0 Å². The Balaban J connectivity index is 1.14. The summed E-state index contributed by atoms with van der Waals surface area (Å²) >= 11 is 2.03. The Bertz CT molecular complexity index is 2660. The van der Waals surface area contributed by atoms with Crippen molar-refractivity contribution in [2.45, 2.75) is 0 Å². The maximum atomic E-state index is 2.60. The molecule has 5 aliphatic heterocycles. The van der Waals surface area contributed by atoms with Crippen molar-refractivity contribution >= 4 is 124 Å². The third kappa shape index (κ3) is 3.44. The summed E-state index contributed by atoms with van der Waals surface area (Å²) in [7, 11) is 0. The van der Waals surface area contributed by atoms with Crippen molar-refractivity contribution in [1.29, 1.82) is 0 Å². The van der Waals surface area contributed by atoms with Gasteiger partial charge in [-0.1, -0.05) is 97.1 Å². The summed E-state index contributed by atoms with van der Waals surface area (Å²) in [6.45, 7) is 0.210. The van der Waals surface area contributed by atoms with Crippen molar-refractivity contribution in [3.63, 3.8) is 0 Å². The molecule has 244 valence electrons. The number of thiophene rings is 1. The Morgan fingerprint density at radius 1 is 0.302 bits per heavy atom. The molecule has 0 amide bonds. The van der Waals surface area contributed by atoms with Gasteiger partial charge in [0.25, 0.3) is 13.4 Å². The van der Waals surface area contributed by atoms with Crippen LogP contribution in [-0.4, -0.2) is 13.4 Å². The highest BCUT2D eigenvalue weighted by Crippen LogP contribution is 2.58. The van der Waals surface area contributed by atoms with E-state index in [9.17, 15) is 0 Å². The summed E-state index contributed by atoms with van der Waals surface area (Å²) in [5.74, 6) is 0. The summed E-state index contributed by atoms with van der Waals surface area (Å²) in [5, 5.41) is 0. The first-order valence-corrected chi connectivity index (χ1v) is 19.2. The van der Waals surface area contributed by atoms with Crippen LogP contribution in [0.5, 0.6) is 0 Å². The highest BCUT2D eigenvalue weighted by Gasteiger charge is 2.53. The Hall–Kier alpha value is -6.43. The molecule has 0 bridgehead atoms. The van der Waals surface area contributed by atoms with E-state index in [1.54, 1.807) is 0 Å². The number of rotatable bonds is 2. The summed E-state index contributed by atoms with van der Waals surface area (Å²) in [4.78, 5) is 10.2. The number of hydrogen-bond acceptors (Lipinski definition) is 5. The van der Waals surface area contributed by atoms with Gasteiger partial charge >= 0.3 is 0 Å². The van der Waals surface area contributed by atoms with Gasteiger partial charge in [0, 0.05) is 55.1 Å². The van der Waals surface area contributed by atoms with Gasteiger partial charge in [0.15, 0.2) is 0 Å². The molecule has 13 rings (SSSR count). The van der Waals surface area contributed by atoms with Gasteiger partial charge in [-0.2, -0.15) is 11.3 Å². The van der Waals surface area contributed by atoms with Crippen LogP contribution in [0.2, 0.25) is 0 Å². The third-order valence-corrected chi connectivity index (χ3v) is 13.2. The second-order valence-electron chi connectivity index (χ2n) is 14.4. The van der Waals surface area contributed by atoms with Crippen LogP contribution < -0.4 is 51.0 Å². The standard InChI is InChI=1S/C46H28B2N4S/c1-3-15-29(16-4-1)49-33-21-9-7-19-31(33)47-41-37(49)25-13-27-39(41)51-35-23-11-12-24-36(35)52-40-28-14-26-38-42(40)48(46-44(52)43(51)45(47)53-46)32-20-8-10-22-34(32)50(38)30-17-5-2-6-18-30/h1-28H. The van der Waals surface area contributed by atoms with Gasteiger partial charge in [-0.15, -0.1) is 0 Å². The molecule has 7 heteroatoms. The Morgan fingerprint density at radius 3 is 1.08 bits per heavy atom. The maximum Gasteiger partial charge on any atom is 0.264 e. The first kappa shape index (κ1) is 28.2. The molecule has 0 saturated heterocycles. The van der Waals surface area contributed by atoms with Crippen molar-refractivity contribution in [2.75, 3.05) is 19.6 Å². The second-order valence-corrected chi connectivity index (χ2v) is 15.5. The van der Waals surface area contributed by atoms with E-state index < -0.39 is 0 Å². The zero-order valence-electron chi connectivity index (χ0n) is 28.5. The second kappa shape index (κ2) is 10.1. The maximum absolute atomic E-state index is 2.60. The molecule has 0 aliphatic carbocycles. The van der Waals surface area contributed by atoms with Gasteiger partial charge in [-0.05, 0) is 94.6 Å². The predicted molar refractivity (Wildman–Crippen MR) is 226 cm³/mol. The highest BCUT2D eigenvalue weighted by molar-refractivity contribution is 7.38. The lowest BCUT2D eigenvalue weighted by molar-refractivity contribution is 1.18. The molecule has 0 saturated carbocycles. The van der Waals surface area contributed by atoms with Crippen LogP contribution in [0.15, 0.2) is 170 Å². The lowest BCUT2D eigenvalue weighted by atomic mass is 9.35. The van der Waals surface area contributed by atoms with Gasteiger partial charge in [0.2, 0.25) is 0 Å². The van der Waals surface area contributed by atoms with E-state index >= 15 is 0 Å². The molecule has 0 unspecified atom stereocenters. The Labute approximate surface area is 312 Å². The molecule has 6 heterocycles. The molecule has 4 nitrogen and oxygen atoms in total. The molecule has 0 spiro atoms. The van der Waals surface area contributed by atoms with Crippen LogP contribution in [-0.2, 0) is 0 Å². The quantitative estimate of drug-likeness (QED) is 0.170. The molecule has 7 aromatic carbocycles. The van der Waals surface area contributed by atoms with E-state index in [-0.39, 0.29) is 13.4 Å². The number of para-hydroxylation sites is 6. The number of benzene rings is 7. The van der Waals surface area contributed by atoms with E-state index in [2.05, 4.69) is 189 Å². The Kier molecular flexibility index (Phi) is 5.38. The summed E-state index contributed by atoms with van der Waals surface area (Å²) in [5.41, 5.74) is 20.5. The molecule has 8 aromatic rings. The third-order valence-electron chi connectivity index (χ3n) is 11.9. The molecular weight excluding hydrogens is 662 g/mol. The van der Waals surface area contributed by atoms with Crippen LogP contribution >= 0.6 is 11.3 Å². The minimum absolute atomic E-state index is 0.105. The molecule has 0 fully saturated rings. The normalized spacial score (nSPS) is 14.6. The number of nitrogens with zero attached hydrogens (tertiary/aromatic N) is 4. The average molecular weight is 690 g/mol. The highest BCUT2D eigenvalue weighted by atomic mass is 32.1. The van der Waals surface area contributed by atoms with Gasteiger partial charge in [-0.25, -0.2) is 0 Å². The molecule has 53 heavy (non-hydrogen) atoms. The minimum Gasteiger partial charge on any atom is -0.311 e.